The van der Waals surface area contributed by atoms with Gasteiger partial charge in [-0.1, -0.05) is 35.4 Å². The van der Waals surface area contributed by atoms with Crippen LogP contribution < -0.4 is 0 Å². The molecule has 0 bridgehead atoms. The van der Waals surface area contributed by atoms with E-state index in [1.165, 1.54) is 24.3 Å². The summed E-state index contributed by atoms with van der Waals surface area (Å²) in [5.41, 5.74) is 1.74. The second kappa shape index (κ2) is 8.53. The van der Waals surface area contributed by atoms with Crippen molar-refractivity contribution in [3.05, 3.63) is 59.7 Å². The molecule has 9 heteroatoms. The van der Waals surface area contributed by atoms with Gasteiger partial charge in [0.2, 0.25) is 20.0 Å². The van der Waals surface area contributed by atoms with Crippen molar-refractivity contribution in [2.45, 2.75) is 36.7 Å². The third kappa shape index (κ3) is 4.70. The number of aryl methyl sites for hydroxylation is 2. The normalized spacial score (nSPS) is 22.1. The van der Waals surface area contributed by atoms with Gasteiger partial charge in [0, 0.05) is 23.7 Å². The minimum absolute atomic E-state index is 0.0731. The molecule has 2 aromatic carbocycles. The lowest BCUT2D eigenvalue weighted by molar-refractivity contribution is -0.0228. The van der Waals surface area contributed by atoms with Gasteiger partial charge in [-0.25, -0.2) is 16.8 Å². The van der Waals surface area contributed by atoms with Crippen LogP contribution in [0.2, 0.25) is 0 Å². The van der Waals surface area contributed by atoms with Crippen LogP contribution in [-0.2, 0) is 24.8 Å². The van der Waals surface area contributed by atoms with E-state index in [0.29, 0.717) is 0 Å². The maximum atomic E-state index is 13.3. The average Bonchev–Trinajstić information content (AvgIpc) is 2.67. The zero-order chi connectivity index (χ0) is 23.7. The Morgan fingerprint density at radius 1 is 0.828 bits per heavy atom. The molecule has 1 unspecified atom stereocenters. The van der Waals surface area contributed by atoms with E-state index in [1.807, 2.05) is 6.92 Å². The molecule has 0 radical (unpaired) electrons. The van der Waals surface area contributed by atoms with Crippen LogP contribution in [0, 0.1) is 13.8 Å². The lowest BCUT2D eigenvalue weighted by Crippen LogP contribution is -2.49. The molecule has 0 saturated carbocycles. The van der Waals surface area contributed by atoms with Crippen LogP contribution >= 0.6 is 0 Å². The topological polar surface area (TPSA) is 84.0 Å². The summed E-state index contributed by atoms with van der Waals surface area (Å²) in [4.78, 5) is -0.0153. The van der Waals surface area contributed by atoms with Gasteiger partial charge in [-0.15, -0.1) is 0 Å². The van der Waals surface area contributed by atoms with Gasteiger partial charge in [0.1, 0.15) is 6.23 Å². The van der Waals surface area contributed by atoms with Crippen LogP contribution in [0.3, 0.4) is 0 Å². The fourth-order valence-electron chi connectivity index (χ4n) is 2.98. The summed E-state index contributed by atoms with van der Waals surface area (Å²) in [5.74, 6) is 0. The molecule has 1 saturated heterocycles. The van der Waals surface area contributed by atoms with E-state index in [-0.39, 0.29) is 36.0 Å². The quantitative estimate of drug-likeness (QED) is 0.727. The monoisotopic (exact) mass is 441 g/mol. The van der Waals surface area contributed by atoms with E-state index >= 15 is 0 Å². The highest BCUT2D eigenvalue weighted by Gasteiger charge is 2.34. The van der Waals surface area contributed by atoms with Crippen molar-refractivity contribution in [2.24, 2.45) is 0 Å². The van der Waals surface area contributed by atoms with Crippen LogP contribution in [0.1, 0.15) is 22.1 Å². The third-order valence-electron chi connectivity index (χ3n) is 4.73. The zero-order valence-corrected chi connectivity index (χ0v) is 17.9. The first-order chi connectivity index (χ1) is 14.8. The minimum Gasteiger partial charge on any atom is -0.361 e. The number of sulfonamides is 2. The van der Waals surface area contributed by atoms with E-state index in [2.05, 4.69) is 0 Å². The zero-order valence-electron chi connectivity index (χ0n) is 19.3. The van der Waals surface area contributed by atoms with E-state index in [0.717, 1.165) is 19.7 Å². The molecule has 1 aliphatic rings. The largest absolute Gasteiger partial charge is 0.361 e. The smallest absolute Gasteiger partial charge is 0.245 e. The van der Waals surface area contributed by atoms with Gasteiger partial charge in [-0.2, -0.15) is 8.61 Å². The van der Waals surface area contributed by atoms with Crippen molar-refractivity contribution in [1.29, 1.82) is 0 Å². The molecule has 158 valence electrons. The Bertz CT molecular complexity index is 1150. The molecule has 1 aliphatic heterocycles. The maximum absolute atomic E-state index is 13.3. The summed E-state index contributed by atoms with van der Waals surface area (Å²) < 4.78 is 83.5. The van der Waals surface area contributed by atoms with Crippen molar-refractivity contribution < 1.29 is 25.7 Å². The second-order valence-electron chi connectivity index (χ2n) is 6.87. The number of rotatable bonds is 4. The van der Waals surface area contributed by atoms with Gasteiger partial charge in [0.05, 0.1) is 16.4 Å². The summed E-state index contributed by atoms with van der Waals surface area (Å²) in [6.45, 7) is -0.0651. The van der Waals surface area contributed by atoms with Gasteiger partial charge < -0.3 is 4.74 Å². The molecule has 2 aromatic rings. The Morgan fingerprint density at radius 2 is 1.34 bits per heavy atom. The Hall–Kier alpha value is -1.78. The van der Waals surface area contributed by atoms with Crippen LogP contribution in [0.15, 0.2) is 58.3 Å². The molecule has 29 heavy (non-hydrogen) atoms. The number of hydrogen-bond donors (Lipinski definition) is 0. The lowest BCUT2D eigenvalue weighted by atomic mass is 10.2. The lowest BCUT2D eigenvalue weighted by Gasteiger charge is -2.34. The van der Waals surface area contributed by atoms with E-state index in [9.17, 15) is 16.8 Å². The van der Waals surface area contributed by atoms with Crippen molar-refractivity contribution in [3.8, 4) is 0 Å². The molecule has 7 nitrogen and oxygen atoms in total. The SMILES string of the molecule is [2H]C([2H])([2H])C1OCCN(S(=O)(=O)c2ccc(C)cc2)CCN1S(=O)(=O)c1ccc(C)cc1. The summed E-state index contributed by atoms with van der Waals surface area (Å²) >= 11 is 0. The van der Waals surface area contributed by atoms with Crippen molar-refractivity contribution in [1.82, 2.24) is 8.61 Å². The van der Waals surface area contributed by atoms with Crippen LogP contribution in [0.25, 0.3) is 0 Å². The predicted octanol–water partition coefficient (Wildman–Crippen LogP) is 2.36. The molecule has 1 fully saturated rings. The highest BCUT2D eigenvalue weighted by molar-refractivity contribution is 7.89. The molecule has 0 spiro atoms. The van der Waals surface area contributed by atoms with Crippen LogP contribution in [-0.4, -0.2) is 57.9 Å². The summed E-state index contributed by atoms with van der Waals surface area (Å²) in [6.07, 6.45) is -1.72. The molecular weight excluding hydrogens is 412 g/mol. The Balaban J connectivity index is 1.96. The Kier molecular flexibility index (Phi) is 5.30. The molecule has 0 N–H and O–H groups in total. The predicted molar refractivity (Wildman–Crippen MR) is 110 cm³/mol. The first kappa shape index (κ1) is 18.0. The average molecular weight is 442 g/mol. The van der Waals surface area contributed by atoms with Crippen LogP contribution in [0.4, 0.5) is 0 Å². The molecular formula is C20H26N2O5S2. The first-order valence-electron chi connectivity index (χ1n) is 10.6. The second-order valence-corrected chi connectivity index (χ2v) is 10.7. The molecule has 0 aromatic heterocycles. The van der Waals surface area contributed by atoms with Crippen LogP contribution in [0.5, 0.6) is 0 Å². The Labute approximate surface area is 177 Å². The standard InChI is InChI=1S/C20H26N2O5S2/c1-16-4-8-19(9-5-16)28(23,24)21-12-13-22(18(3)27-15-14-21)29(25,26)20-10-6-17(2)7-11-20/h4-11,18H,12-15H2,1-3H3/i3D3. The van der Waals surface area contributed by atoms with Crippen molar-refractivity contribution in [3.63, 3.8) is 0 Å². The Morgan fingerprint density at radius 3 is 1.86 bits per heavy atom. The number of hydrogen-bond acceptors (Lipinski definition) is 5. The molecule has 0 aliphatic carbocycles. The van der Waals surface area contributed by atoms with Gasteiger partial charge in [-0.3, -0.25) is 0 Å². The summed E-state index contributed by atoms with van der Waals surface area (Å²) in [5, 5.41) is 0. The maximum Gasteiger partial charge on any atom is 0.245 e. The molecule has 0 amide bonds. The highest BCUT2D eigenvalue weighted by Crippen LogP contribution is 2.23. The van der Waals surface area contributed by atoms with E-state index < -0.39 is 33.1 Å². The fourth-order valence-corrected chi connectivity index (χ4v) is 5.78. The van der Waals surface area contributed by atoms with Crippen molar-refractivity contribution >= 4 is 20.0 Å². The minimum atomic E-state index is -4.26. The summed E-state index contributed by atoms with van der Waals surface area (Å²) in [6, 6.07) is 12.3. The van der Waals surface area contributed by atoms with Gasteiger partial charge in [0.25, 0.3) is 0 Å². The number of ether oxygens (including phenoxy) is 1. The van der Waals surface area contributed by atoms with E-state index in [1.54, 1.807) is 31.2 Å². The fraction of sp³-hybridized carbons (Fsp3) is 0.400. The van der Waals surface area contributed by atoms with Gasteiger partial charge >= 0.3 is 0 Å². The van der Waals surface area contributed by atoms with Gasteiger partial charge in [-0.05, 0) is 45.0 Å². The highest BCUT2D eigenvalue weighted by atomic mass is 32.2. The number of benzene rings is 2. The molecule has 1 atom stereocenters. The molecule has 1 heterocycles. The third-order valence-corrected chi connectivity index (χ3v) is 8.51. The first-order valence-corrected chi connectivity index (χ1v) is 12.0. The van der Waals surface area contributed by atoms with Gasteiger partial charge in [0.15, 0.2) is 0 Å². The summed E-state index contributed by atoms with van der Waals surface area (Å²) in [7, 11) is -8.18. The number of nitrogens with zero attached hydrogens (tertiary/aromatic N) is 2. The molecule has 3 rings (SSSR count). The van der Waals surface area contributed by atoms with E-state index in [4.69, 9.17) is 8.85 Å². The van der Waals surface area contributed by atoms with Crippen molar-refractivity contribution in [2.75, 3.05) is 26.2 Å².